The molecule has 0 unspecified atom stereocenters. The summed E-state index contributed by atoms with van der Waals surface area (Å²) in [6.07, 6.45) is 2.44. The zero-order valence-corrected chi connectivity index (χ0v) is 12.8. The highest BCUT2D eigenvalue weighted by molar-refractivity contribution is 7.15. The SMILES string of the molecule is COC(=O)C1=Cc2cc(-c3ccc(C)s3)ccc2OCC1. The lowest BCUT2D eigenvalue weighted by atomic mass is 10.1. The molecule has 108 valence electrons. The predicted octanol–water partition coefficient (Wildman–Crippen LogP) is 4.06. The van der Waals surface area contributed by atoms with Gasteiger partial charge in [0.2, 0.25) is 0 Å². The van der Waals surface area contributed by atoms with E-state index in [1.165, 1.54) is 16.9 Å². The van der Waals surface area contributed by atoms with E-state index in [-0.39, 0.29) is 5.97 Å². The lowest BCUT2D eigenvalue weighted by molar-refractivity contribution is -0.136. The van der Waals surface area contributed by atoms with Crippen molar-refractivity contribution in [2.24, 2.45) is 0 Å². The number of carbonyl (C=O) groups is 1. The van der Waals surface area contributed by atoms with Crippen molar-refractivity contribution in [3.05, 3.63) is 46.3 Å². The zero-order valence-electron chi connectivity index (χ0n) is 12.0. The Labute approximate surface area is 127 Å². The van der Waals surface area contributed by atoms with Gasteiger partial charge in [0, 0.05) is 27.3 Å². The second kappa shape index (κ2) is 5.74. The normalized spacial score (nSPS) is 13.7. The molecule has 0 bridgehead atoms. The number of hydrogen-bond donors (Lipinski definition) is 0. The highest BCUT2D eigenvalue weighted by atomic mass is 32.1. The van der Waals surface area contributed by atoms with Crippen LogP contribution in [0.2, 0.25) is 0 Å². The summed E-state index contributed by atoms with van der Waals surface area (Å²) in [5, 5.41) is 0. The third kappa shape index (κ3) is 2.85. The van der Waals surface area contributed by atoms with Gasteiger partial charge < -0.3 is 9.47 Å². The van der Waals surface area contributed by atoms with Gasteiger partial charge in [0.15, 0.2) is 0 Å². The molecule has 2 heterocycles. The van der Waals surface area contributed by atoms with Crippen LogP contribution in [0.5, 0.6) is 5.75 Å². The fourth-order valence-electron chi connectivity index (χ4n) is 2.36. The maximum Gasteiger partial charge on any atom is 0.333 e. The minimum Gasteiger partial charge on any atom is -0.493 e. The van der Waals surface area contributed by atoms with E-state index >= 15 is 0 Å². The maximum atomic E-state index is 11.7. The van der Waals surface area contributed by atoms with E-state index in [4.69, 9.17) is 9.47 Å². The van der Waals surface area contributed by atoms with E-state index in [9.17, 15) is 4.79 Å². The van der Waals surface area contributed by atoms with Crippen molar-refractivity contribution < 1.29 is 14.3 Å². The summed E-state index contributed by atoms with van der Waals surface area (Å²) in [6, 6.07) is 10.3. The van der Waals surface area contributed by atoms with Crippen molar-refractivity contribution in [1.82, 2.24) is 0 Å². The van der Waals surface area contributed by atoms with E-state index in [1.807, 2.05) is 12.1 Å². The first-order valence-corrected chi connectivity index (χ1v) is 7.61. The molecule has 0 aliphatic carbocycles. The molecule has 0 radical (unpaired) electrons. The molecular weight excluding hydrogens is 284 g/mol. The summed E-state index contributed by atoms with van der Waals surface area (Å²) < 4.78 is 10.5. The number of esters is 1. The summed E-state index contributed by atoms with van der Waals surface area (Å²) in [5.74, 6) is 0.523. The van der Waals surface area contributed by atoms with Gasteiger partial charge >= 0.3 is 5.97 Å². The molecular formula is C17H16O3S. The minimum absolute atomic E-state index is 0.288. The van der Waals surface area contributed by atoms with Crippen LogP contribution in [0.25, 0.3) is 16.5 Å². The van der Waals surface area contributed by atoms with Gasteiger partial charge in [-0.3, -0.25) is 0 Å². The molecule has 0 fully saturated rings. The number of benzene rings is 1. The molecule has 3 rings (SSSR count). The summed E-state index contributed by atoms with van der Waals surface area (Å²) >= 11 is 1.76. The smallest absolute Gasteiger partial charge is 0.333 e. The van der Waals surface area contributed by atoms with Gasteiger partial charge in [-0.2, -0.15) is 0 Å². The Morgan fingerprint density at radius 1 is 1.29 bits per heavy atom. The standard InChI is InChI=1S/C17H16O3S/c1-11-3-6-16(21-11)12-4-5-15-14(9-12)10-13(7-8-20-15)17(18)19-2/h3-6,9-10H,7-8H2,1-2H3. The maximum absolute atomic E-state index is 11.7. The number of fused-ring (bicyclic) bond motifs is 1. The Morgan fingerprint density at radius 3 is 2.86 bits per heavy atom. The average molecular weight is 300 g/mol. The first-order chi connectivity index (χ1) is 10.2. The number of ether oxygens (including phenoxy) is 2. The van der Waals surface area contributed by atoms with Gasteiger partial charge in [0.1, 0.15) is 5.75 Å². The van der Waals surface area contributed by atoms with Crippen LogP contribution >= 0.6 is 11.3 Å². The van der Waals surface area contributed by atoms with Crippen molar-refractivity contribution in [1.29, 1.82) is 0 Å². The van der Waals surface area contributed by atoms with E-state index in [0.29, 0.717) is 18.6 Å². The van der Waals surface area contributed by atoms with Crippen LogP contribution in [0.15, 0.2) is 35.9 Å². The molecule has 0 atom stereocenters. The summed E-state index contributed by atoms with van der Waals surface area (Å²) in [5.41, 5.74) is 2.71. The molecule has 0 N–H and O–H groups in total. The molecule has 1 aliphatic heterocycles. The van der Waals surface area contributed by atoms with Crippen LogP contribution in [-0.4, -0.2) is 19.7 Å². The van der Waals surface area contributed by atoms with Crippen molar-refractivity contribution >= 4 is 23.4 Å². The van der Waals surface area contributed by atoms with Gasteiger partial charge in [-0.15, -0.1) is 11.3 Å². The van der Waals surface area contributed by atoms with Crippen LogP contribution in [0.3, 0.4) is 0 Å². The van der Waals surface area contributed by atoms with Crippen LogP contribution in [-0.2, 0) is 9.53 Å². The second-order valence-electron chi connectivity index (χ2n) is 4.92. The number of methoxy groups -OCH3 is 1. The average Bonchev–Trinajstić information content (AvgIpc) is 2.82. The van der Waals surface area contributed by atoms with Crippen molar-refractivity contribution in [3.8, 4) is 16.2 Å². The number of carbonyl (C=O) groups excluding carboxylic acids is 1. The van der Waals surface area contributed by atoms with Crippen LogP contribution in [0, 0.1) is 6.92 Å². The topological polar surface area (TPSA) is 35.5 Å². The molecule has 2 aromatic rings. The Kier molecular flexibility index (Phi) is 3.80. The van der Waals surface area contributed by atoms with E-state index in [2.05, 4.69) is 31.2 Å². The molecule has 0 saturated heterocycles. The molecule has 1 aliphatic rings. The number of aryl methyl sites for hydroxylation is 1. The summed E-state index contributed by atoms with van der Waals surface area (Å²) in [7, 11) is 1.40. The minimum atomic E-state index is -0.288. The monoisotopic (exact) mass is 300 g/mol. The van der Waals surface area contributed by atoms with Crippen molar-refractivity contribution in [2.75, 3.05) is 13.7 Å². The highest BCUT2D eigenvalue weighted by Gasteiger charge is 2.16. The molecule has 3 nitrogen and oxygen atoms in total. The first-order valence-electron chi connectivity index (χ1n) is 6.80. The fourth-order valence-corrected chi connectivity index (χ4v) is 3.22. The van der Waals surface area contributed by atoms with E-state index in [1.54, 1.807) is 11.3 Å². The fraction of sp³-hybridized carbons (Fsp3) is 0.235. The third-order valence-corrected chi connectivity index (χ3v) is 4.49. The summed E-state index contributed by atoms with van der Waals surface area (Å²) in [6.45, 7) is 2.58. The number of thiophene rings is 1. The third-order valence-electron chi connectivity index (χ3n) is 3.44. The van der Waals surface area contributed by atoms with Crippen LogP contribution in [0.1, 0.15) is 16.9 Å². The van der Waals surface area contributed by atoms with Gasteiger partial charge in [0.05, 0.1) is 13.7 Å². The Balaban J connectivity index is 2.03. The van der Waals surface area contributed by atoms with Crippen molar-refractivity contribution in [3.63, 3.8) is 0 Å². The molecule has 4 heteroatoms. The largest absolute Gasteiger partial charge is 0.493 e. The van der Waals surface area contributed by atoms with Gasteiger partial charge in [0.25, 0.3) is 0 Å². The van der Waals surface area contributed by atoms with Gasteiger partial charge in [-0.1, -0.05) is 0 Å². The Morgan fingerprint density at radius 2 is 2.14 bits per heavy atom. The quantitative estimate of drug-likeness (QED) is 0.785. The van der Waals surface area contributed by atoms with Crippen LogP contribution < -0.4 is 4.74 Å². The van der Waals surface area contributed by atoms with Gasteiger partial charge in [-0.25, -0.2) is 4.79 Å². The van der Waals surface area contributed by atoms with Gasteiger partial charge in [-0.05, 0) is 48.9 Å². The number of hydrogen-bond acceptors (Lipinski definition) is 4. The molecule has 1 aromatic carbocycles. The zero-order chi connectivity index (χ0) is 14.8. The van der Waals surface area contributed by atoms with E-state index in [0.717, 1.165) is 16.9 Å². The Hall–Kier alpha value is -2.07. The lowest BCUT2D eigenvalue weighted by Gasteiger charge is -2.07. The summed E-state index contributed by atoms with van der Waals surface area (Å²) in [4.78, 5) is 14.2. The second-order valence-corrected chi connectivity index (χ2v) is 6.21. The van der Waals surface area contributed by atoms with Crippen LogP contribution in [0.4, 0.5) is 0 Å². The molecule has 21 heavy (non-hydrogen) atoms. The molecule has 0 saturated carbocycles. The van der Waals surface area contributed by atoms with Crippen molar-refractivity contribution in [2.45, 2.75) is 13.3 Å². The molecule has 1 aromatic heterocycles. The lowest BCUT2D eigenvalue weighted by Crippen LogP contribution is -2.06. The molecule has 0 spiro atoms. The van der Waals surface area contributed by atoms with E-state index < -0.39 is 0 Å². The highest BCUT2D eigenvalue weighted by Crippen LogP contribution is 2.33. The number of rotatable bonds is 2. The Bertz CT molecular complexity index is 713. The molecule has 0 amide bonds. The predicted molar refractivity (Wildman–Crippen MR) is 84.6 cm³/mol. The first kappa shape index (κ1) is 13.9.